The Balaban J connectivity index is 1.38. The molecule has 1 aromatic carbocycles. The van der Waals surface area contributed by atoms with E-state index < -0.39 is 11.2 Å². The first-order valence-electron chi connectivity index (χ1n) is 10.2. The van der Waals surface area contributed by atoms with Gasteiger partial charge in [-0.1, -0.05) is 11.6 Å². The Hall–Kier alpha value is -2.41. The Bertz CT molecular complexity index is 1030. The summed E-state index contributed by atoms with van der Waals surface area (Å²) in [6.07, 6.45) is 8.70. The van der Waals surface area contributed by atoms with Crippen molar-refractivity contribution in [3.05, 3.63) is 55.8 Å². The third-order valence-electron chi connectivity index (χ3n) is 7.00. The standard InChI is InChI=1S/C21H23ClN4O3/c22-17-2-1-15(26-18(27)10-24-25-20(26)29)6-16(17)19(28)23-11-21-7-12-3-13(8-21)5-14(4-12)9-21/h1-2,6,10,12-14H,3-5,7-9,11H2,(H,23,28)(H,25,29). The van der Waals surface area contributed by atoms with Crippen molar-refractivity contribution in [2.45, 2.75) is 38.5 Å². The molecule has 0 saturated heterocycles. The van der Waals surface area contributed by atoms with E-state index in [2.05, 4.69) is 15.5 Å². The Kier molecular flexibility index (Phi) is 4.38. The summed E-state index contributed by atoms with van der Waals surface area (Å²) in [5.74, 6) is 2.17. The number of rotatable bonds is 4. The molecule has 1 heterocycles. The predicted molar refractivity (Wildman–Crippen MR) is 108 cm³/mol. The number of nitrogens with one attached hydrogen (secondary N) is 2. The first kappa shape index (κ1) is 18.6. The van der Waals surface area contributed by atoms with Gasteiger partial charge in [0.1, 0.15) is 6.20 Å². The summed E-state index contributed by atoms with van der Waals surface area (Å²) >= 11 is 6.27. The Morgan fingerprint density at radius 3 is 2.45 bits per heavy atom. The topological polar surface area (TPSA) is 96.8 Å². The number of aromatic amines is 1. The molecule has 0 atom stereocenters. The number of aromatic nitrogens is 3. The van der Waals surface area contributed by atoms with Crippen LogP contribution in [0.2, 0.25) is 5.02 Å². The van der Waals surface area contributed by atoms with Crippen LogP contribution in [0.4, 0.5) is 0 Å². The highest BCUT2D eigenvalue weighted by Gasteiger charge is 2.50. The average molecular weight is 415 g/mol. The molecule has 1 aromatic heterocycles. The van der Waals surface area contributed by atoms with Gasteiger partial charge in [0.2, 0.25) is 0 Å². The molecule has 4 aliphatic carbocycles. The van der Waals surface area contributed by atoms with Crippen molar-refractivity contribution in [1.82, 2.24) is 20.1 Å². The molecule has 4 bridgehead atoms. The quantitative estimate of drug-likeness (QED) is 0.803. The molecule has 0 unspecified atom stereocenters. The third kappa shape index (κ3) is 3.31. The number of benzene rings is 1. The molecule has 2 aromatic rings. The van der Waals surface area contributed by atoms with Crippen molar-refractivity contribution >= 4 is 17.5 Å². The van der Waals surface area contributed by atoms with Crippen molar-refractivity contribution in [3.8, 4) is 5.69 Å². The number of hydrogen-bond donors (Lipinski definition) is 2. The number of amides is 1. The lowest BCUT2D eigenvalue weighted by Gasteiger charge is -2.56. The van der Waals surface area contributed by atoms with E-state index in [4.69, 9.17) is 11.6 Å². The van der Waals surface area contributed by atoms with E-state index in [1.807, 2.05) is 0 Å². The molecule has 4 saturated carbocycles. The van der Waals surface area contributed by atoms with Crippen LogP contribution in [0.15, 0.2) is 34.0 Å². The minimum Gasteiger partial charge on any atom is -0.351 e. The Morgan fingerprint density at radius 1 is 1.17 bits per heavy atom. The van der Waals surface area contributed by atoms with Gasteiger partial charge in [0, 0.05) is 6.54 Å². The zero-order valence-electron chi connectivity index (χ0n) is 16.0. The zero-order valence-corrected chi connectivity index (χ0v) is 16.7. The van der Waals surface area contributed by atoms with E-state index in [-0.39, 0.29) is 27.6 Å². The van der Waals surface area contributed by atoms with Crippen LogP contribution < -0.4 is 16.6 Å². The smallest absolute Gasteiger partial charge is 0.349 e. The second-order valence-corrected chi connectivity index (χ2v) is 9.52. The zero-order chi connectivity index (χ0) is 20.2. The van der Waals surface area contributed by atoms with Gasteiger partial charge >= 0.3 is 5.69 Å². The van der Waals surface area contributed by atoms with E-state index in [0.29, 0.717) is 6.54 Å². The van der Waals surface area contributed by atoms with Crippen LogP contribution in [0.3, 0.4) is 0 Å². The van der Waals surface area contributed by atoms with Crippen LogP contribution in [0.1, 0.15) is 48.9 Å². The highest BCUT2D eigenvalue weighted by Crippen LogP contribution is 2.59. The van der Waals surface area contributed by atoms with Crippen LogP contribution in [0.5, 0.6) is 0 Å². The van der Waals surface area contributed by atoms with E-state index >= 15 is 0 Å². The monoisotopic (exact) mass is 414 g/mol. The summed E-state index contributed by atoms with van der Waals surface area (Å²) in [4.78, 5) is 37.0. The summed E-state index contributed by atoms with van der Waals surface area (Å²) in [6, 6.07) is 4.55. The molecule has 0 aliphatic heterocycles. The number of hydrogen-bond acceptors (Lipinski definition) is 4. The minimum atomic E-state index is -0.667. The number of carbonyl (C=O) groups excluding carboxylic acids is 1. The van der Waals surface area contributed by atoms with Crippen molar-refractivity contribution < 1.29 is 4.79 Å². The maximum absolute atomic E-state index is 12.9. The molecule has 4 fully saturated rings. The molecule has 29 heavy (non-hydrogen) atoms. The van der Waals surface area contributed by atoms with Crippen LogP contribution >= 0.6 is 11.6 Å². The second kappa shape index (κ2) is 6.83. The van der Waals surface area contributed by atoms with Crippen molar-refractivity contribution in [3.63, 3.8) is 0 Å². The predicted octanol–water partition coefficient (Wildman–Crippen LogP) is 2.52. The summed E-state index contributed by atoms with van der Waals surface area (Å²) in [6.45, 7) is 0.658. The molecular formula is C21H23ClN4O3. The normalized spacial score (nSPS) is 29.8. The molecular weight excluding hydrogens is 392 g/mol. The maximum Gasteiger partial charge on any atom is 0.349 e. The van der Waals surface area contributed by atoms with Gasteiger partial charge in [0.15, 0.2) is 0 Å². The number of nitrogens with zero attached hydrogens (tertiary/aromatic N) is 2. The molecule has 0 spiro atoms. The fourth-order valence-corrected chi connectivity index (χ4v) is 6.49. The maximum atomic E-state index is 12.9. The lowest BCUT2D eigenvalue weighted by atomic mass is 9.49. The second-order valence-electron chi connectivity index (χ2n) is 9.11. The highest BCUT2D eigenvalue weighted by molar-refractivity contribution is 6.33. The van der Waals surface area contributed by atoms with E-state index in [1.165, 1.54) is 56.7 Å². The fraction of sp³-hybridized carbons (Fsp3) is 0.524. The molecule has 152 valence electrons. The van der Waals surface area contributed by atoms with Gasteiger partial charge in [-0.05, 0) is 79.9 Å². The summed E-state index contributed by atoms with van der Waals surface area (Å²) in [5.41, 5.74) is -0.482. The van der Waals surface area contributed by atoms with Gasteiger partial charge in [-0.25, -0.2) is 14.5 Å². The van der Waals surface area contributed by atoms with Crippen LogP contribution in [-0.4, -0.2) is 27.2 Å². The number of halogens is 1. The Labute approximate surface area is 172 Å². The van der Waals surface area contributed by atoms with E-state index in [1.54, 1.807) is 0 Å². The average Bonchev–Trinajstić information content (AvgIpc) is 2.66. The first-order chi connectivity index (χ1) is 13.9. The molecule has 1 amide bonds. The number of carbonyl (C=O) groups is 1. The van der Waals surface area contributed by atoms with E-state index in [9.17, 15) is 14.4 Å². The SMILES string of the molecule is O=C(NCC12CC3CC(CC(C3)C1)C2)c1cc(-n2c(=O)cn[nH]c2=O)ccc1Cl. The first-order valence-corrected chi connectivity index (χ1v) is 10.6. The lowest BCUT2D eigenvalue weighted by Crippen LogP contribution is -2.51. The molecule has 0 radical (unpaired) electrons. The van der Waals surface area contributed by atoms with Crippen LogP contribution in [-0.2, 0) is 0 Å². The van der Waals surface area contributed by atoms with Crippen LogP contribution in [0.25, 0.3) is 5.69 Å². The highest BCUT2D eigenvalue weighted by atomic mass is 35.5. The van der Waals surface area contributed by atoms with E-state index in [0.717, 1.165) is 28.5 Å². The van der Waals surface area contributed by atoms with Gasteiger partial charge in [0.05, 0.1) is 16.3 Å². The lowest BCUT2D eigenvalue weighted by molar-refractivity contribution is -0.0503. The van der Waals surface area contributed by atoms with Crippen molar-refractivity contribution in [2.24, 2.45) is 23.2 Å². The van der Waals surface area contributed by atoms with Gasteiger partial charge in [-0.15, -0.1) is 0 Å². The van der Waals surface area contributed by atoms with Crippen molar-refractivity contribution in [2.75, 3.05) is 6.54 Å². The van der Waals surface area contributed by atoms with Gasteiger partial charge in [-0.2, -0.15) is 5.10 Å². The third-order valence-corrected chi connectivity index (χ3v) is 7.33. The molecule has 6 rings (SSSR count). The molecule has 7 nitrogen and oxygen atoms in total. The van der Waals surface area contributed by atoms with Crippen molar-refractivity contribution in [1.29, 1.82) is 0 Å². The molecule has 2 N–H and O–H groups in total. The Morgan fingerprint density at radius 2 is 1.83 bits per heavy atom. The van der Waals surface area contributed by atoms with Crippen LogP contribution in [0, 0.1) is 23.2 Å². The largest absolute Gasteiger partial charge is 0.351 e. The van der Waals surface area contributed by atoms with Gasteiger partial charge in [-0.3, -0.25) is 9.59 Å². The van der Waals surface area contributed by atoms with Gasteiger partial charge < -0.3 is 5.32 Å². The summed E-state index contributed by atoms with van der Waals surface area (Å²) < 4.78 is 0.930. The summed E-state index contributed by atoms with van der Waals surface area (Å²) in [7, 11) is 0. The number of H-pyrrole nitrogens is 1. The summed E-state index contributed by atoms with van der Waals surface area (Å²) in [5, 5.41) is 9.10. The minimum absolute atomic E-state index is 0.216. The molecule has 8 heteroatoms. The van der Waals surface area contributed by atoms with Gasteiger partial charge in [0.25, 0.3) is 11.5 Å². The fourth-order valence-electron chi connectivity index (χ4n) is 6.29. The molecule has 4 aliphatic rings.